The molecular formula is C11H16IN3O. The van der Waals surface area contributed by atoms with Gasteiger partial charge in [0.2, 0.25) is 0 Å². The summed E-state index contributed by atoms with van der Waals surface area (Å²) in [6.45, 7) is 3.29. The molecule has 0 atom stereocenters. The smallest absolute Gasteiger partial charge is 0.156 e. The molecule has 1 aromatic rings. The monoisotopic (exact) mass is 333 g/mol. The third kappa shape index (κ3) is 2.82. The Hall–Kier alpha value is -0.430. The van der Waals surface area contributed by atoms with E-state index < -0.39 is 0 Å². The van der Waals surface area contributed by atoms with Crippen LogP contribution < -0.4 is 5.73 Å². The van der Waals surface area contributed by atoms with Crippen molar-refractivity contribution in [1.29, 1.82) is 0 Å². The van der Waals surface area contributed by atoms with Crippen molar-refractivity contribution in [3.63, 3.8) is 0 Å². The van der Waals surface area contributed by atoms with Crippen LogP contribution in [0.4, 0.5) is 5.82 Å². The second kappa shape index (κ2) is 5.27. The van der Waals surface area contributed by atoms with E-state index in [1.54, 1.807) is 0 Å². The molecule has 0 bridgehead atoms. The van der Waals surface area contributed by atoms with Gasteiger partial charge in [0, 0.05) is 12.5 Å². The molecule has 1 saturated carbocycles. The maximum absolute atomic E-state index is 5.88. The van der Waals surface area contributed by atoms with Crippen molar-refractivity contribution in [3.8, 4) is 0 Å². The summed E-state index contributed by atoms with van der Waals surface area (Å²) in [7, 11) is 0. The van der Waals surface area contributed by atoms with Crippen molar-refractivity contribution in [2.45, 2.75) is 38.7 Å². The highest BCUT2D eigenvalue weighted by Crippen LogP contribution is 2.41. The third-order valence-electron chi connectivity index (χ3n) is 2.49. The second-order valence-corrected chi connectivity index (χ2v) is 5.13. The van der Waals surface area contributed by atoms with E-state index in [9.17, 15) is 0 Å². The number of ether oxygens (including phenoxy) is 1. The molecule has 16 heavy (non-hydrogen) atoms. The zero-order valence-corrected chi connectivity index (χ0v) is 11.5. The molecule has 0 aromatic carbocycles. The summed E-state index contributed by atoms with van der Waals surface area (Å²) < 4.78 is 6.45. The van der Waals surface area contributed by atoms with E-state index in [0.29, 0.717) is 24.2 Å². The summed E-state index contributed by atoms with van der Waals surface area (Å²) in [6, 6.07) is 0. The van der Waals surface area contributed by atoms with E-state index in [2.05, 4.69) is 39.5 Å². The van der Waals surface area contributed by atoms with E-state index in [4.69, 9.17) is 10.5 Å². The van der Waals surface area contributed by atoms with Crippen molar-refractivity contribution >= 4 is 28.4 Å². The topological polar surface area (TPSA) is 61.0 Å². The van der Waals surface area contributed by atoms with Crippen LogP contribution in [0.5, 0.6) is 0 Å². The molecule has 0 amide bonds. The summed E-state index contributed by atoms with van der Waals surface area (Å²) in [5.74, 6) is 1.91. The van der Waals surface area contributed by atoms with Gasteiger partial charge in [-0.15, -0.1) is 0 Å². The van der Waals surface area contributed by atoms with Gasteiger partial charge in [0.15, 0.2) is 5.82 Å². The third-order valence-corrected chi connectivity index (χ3v) is 3.60. The minimum Gasteiger partial charge on any atom is -0.383 e. The van der Waals surface area contributed by atoms with Crippen molar-refractivity contribution in [1.82, 2.24) is 9.97 Å². The number of hydrogen-bond acceptors (Lipinski definition) is 4. The lowest BCUT2D eigenvalue weighted by atomic mass is 10.3. The van der Waals surface area contributed by atoms with Crippen LogP contribution >= 0.6 is 22.6 Å². The van der Waals surface area contributed by atoms with Gasteiger partial charge in [-0.05, 0) is 41.9 Å². The molecule has 88 valence electrons. The first kappa shape index (κ1) is 12.0. The van der Waals surface area contributed by atoms with E-state index in [1.165, 1.54) is 12.8 Å². The van der Waals surface area contributed by atoms with Crippen LogP contribution in [0.3, 0.4) is 0 Å². The van der Waals surface area contributed by atoms with Crippen LogP contribution in [0.1, 0.15) is 43.6 Å². The highest BCUT2D eigenvalue weighted by atomic mass is 127. The number of anilines is 1. The number of aromatic nitrogens is 2. The van der Waals surface area contributed by atoms with Crippen molar-refractivity contribution in [2.75, 3.05) is 12.3 Å². The lowest BCUT2D eigenvalue weighted by Crippen LogP contribution is -2.08. The van der Waals surface area contributed by atoms with E-state index in [0.717, 1.165) is 22.3 Å². The minimum absolute atomic E-state index is 0.467. The summed E-state index contributed by atoms with van der Waals surface area (Å²) >= 11 is 2.23. The predicted octanol–water partition coefficient (Wildman–Crippen LogP) is 2.47. The summed E-state index contributed by atoms with van der Waals surface area (Å²) in [6.07, 6.45) is 3.46. The number of hydrogen-bond donors (Lipinski definition) is 1. The van der Waals surface area contributed by atoms with Gasteiger partial charge < -0.3 is 10.5 Å². The van der Waals surface area contributed by atoms with Gasteiger partial charge in [-0.1, -0.05) is 6.92 Å². The number of halogens is 1. The number of rotatable bonds is 5. The van der Waals surface area contributed by atoms with Gasteiger partial charge in [-0.25, -0.2) is 9.97 Å². The van der Waals surface area contributed by atoms with Crippen LogP contribution in [-0.2, 0) is 11.3 Å². The van der Waals surface area contributed by atoms with Crippen LogP contribution in [0.25, 0.3) is 0 Å². The molecule has 0 saturated heterocycles. The Labute approximate surface area is 109 Å². The average molecular weight is 333 g/mol. The molecule has 1 aromatic heterocycles. The molecule has 4 nitrogen and oxygen atoms in total. The lowest BCUT2D eigenvalue weighted by Gasteiger charge is -2.08. The van der Waals surface area contributed by atoms with Crippen molar-refractivity contribution < 1.29 is 4.74 Å². The Morgan fingerprint density at radius 2 is 2.19 bits per heavy atom. The fraction of sp³-hybridized carbons (Fsp3) is 0.636. The van der Waals surface area contributed by atoms with E-state index in [-0.39, 0.29) is 0 Å². The van der Waals surface area contributed by atoms with Gasteiger partial charge in [0.25, 0.3) is 0 Å². The highest BCUT2D eigenvalue weighted by Gasteiger charge is 2.28. The summed E-state index contributed by atoms with van der Waals surface area (Å²) in [4.78, 5) is 8.79. The van der Waals surface area contributed by atoms with E-state index in [1.807, 2.05) is 0 Å². The fourth-order valence-corrected chi connectivity index (χ4v) is 2.21. The van der Waals surface area contributed by atoms with Crippen LogP contribution in [-0.4, -0.2) is 16.6 Å². The lowest BCUT2D eigenvalue weighted by molar-refractivity contribution is 0.116. The van der Waals surface area contributed by atoms with Gasteiger partial charge >= 0.3 is 0 Å². The fourth-order valence-electron chi connectivity index (χ4n) is 1.53. The SMILES string of the molecule is CCCOCc1nc(N)c(I)c(C2CC2)n1. The van der Waals surface area contributed by atoms with Gasteiger partial charge in [0.05, 0.1) is 9.26 Å². The first-order valence-corrected chi connectivity index (χ1v) is 6.69. The normalized spacial score (nSPS) is 15.4. The molecule has 1 heterocycles. The molecule has 2 rings (SSSR count). The van der Waals surface area contributed by atoms with Crippen LogP contribution in [0.2, 0.25) is 0 Å². The standard InChI is InChI=1S/C11H16IN3O/c1-2-5-16-6-8-14-10(7-3-4-7)9(12)11(13)15-8/h7H,2-6H2,1H3,(H2,13,14,15). The predicted molar refractivity (Wildman–Crippen MR) is 71.1 cm³/mol. The molecule has 1 aliphatic carbocycles. The maximum Gasteiger partial charge on any atom is 0.156 e. The molecule has 0 unspecified atom stereocenters. The second-order valence-electron chi connectivity index (χ2n) is 4.05. The Morgan fingerprint density at radius 1 is 1.44 bits per heavy atom. The molecule has 5 heteroatoms. The highest BCUT2D eigenvalue weighted by molar-refractivity contribution is 14.1. The molecule has 0 spiro atoms. The average Bonchev–Trinajstić information content (AvgIpc) is 3.07. The quantitative estimate of drug-likeness (QED) is 0.664. The minimum atomic E-state index is 0.467. The number of nitrogens with zero attached hydrogens (tertiary/aromatic N) is 2. The summed E-state index contributed by atoms with van der Waals surface area (Å²) in [5.41, 5.74) is 6.99. The maximum atomic E-state index is 5.88. The zero-order chi connectivity index (χ0) is 11.5. The van der Waals surface area contributed by atoms with Gasteiger partial charge in [-0.3, -0.25) is 0 Å². The Kier molecular flexibility index (Phi) is 3.96. The van der Waals surface area contributed by atoms with E-state index >= 15 is 0 Å². The Morgan fingerprint density at radius 3 is 2.81 bits per heavy atom. The van der Waals surface area contributed by atoms with Gasteiger partial charge in [-0.2, -0.15) is 0 Å². The van der Waals surface area contributed by atoms with Gasteiger partial charge in [0.1, 0.15) is 12.4 Å². The molecule has 0 aliphatic heterocycles. The molecule has 0 radical (unpaired) electrons. The molecule has 1 aliphatic rings. The number of nitrogens with two attached hydrogens (primary N) is 1. The number of nitrogen functional groups attached to an aromatic ring is 1. The zero-order valence-electron chi connectivity index (χ0n) is 9.37. The molecule has 2 N–H and O–H groups in total. The summed E-state index contributed by atoms with van der Waals surface area (Å²) in [5, 5.41) is 0. The first-order chi connectivity index (χ1) is 7.72. The molecular weight excluding hydrogens is 317 g/mol. The van der Waals surface area contributed by atoms with Crippen molar-refractivity contribution in [2.24, 2.45) is 0 Å². The van der Waals surface area contributed by atoms with Crippen molar-refractivity contribution in [3.05, 3.63) is 15.1 Å². The Bertz CT molecular complexity index is 380. The molecule has 1 fully saturated rings. The first-order valence-electron chi connectivity index (χ1n) is 5.62. The van der Waals surface area contributed by atoms with Crippen LogP contribution in [0, 0.1) is 3.57 Å². The Balaban J connectivity index is 2.13. The van der Waals surface area contributed by atoms with Crippen LogP contribution in [0.15, 0.2) is 0 Å². The largest absolute Gasteiger partial charge is 0.383 e.